The molecule has 7 nitrogen and oxygen atoms in total. The number of amidine groups is 1. The van der Waals surface area contributed by atoms with E-state index in [4.69, 9.17) is 10.8 Å². The molecule has 1 aliphatic heterocycles. The summed E-state index contributed by atoms with van der Waals surface area (Å²) in [6, 6.07) is -0.0113. The van der Waals surface area contributed by atoms with Gasteiger partial charge in [0, 0.05) is 12.5 Å². The molecule has 0 aromatic heterocycles. The minimum Gasteiger partial charge on any atom is -0.475 e. The Morgan fingerprint density at radius 3 is 2.93 bits per heavy atom. The van der Waals surface area contributed by atoms with Crippen LogP contribution in [0.15, 0.2) is 9.98 Å². The molecule has 0 bridgehead atoms. The Hall–Kier alpha value is -1.63. The Morgan fingerprint density at radius 2 is 2.43 bits per heavy atom. The number of nitrogens with one attached hydrogen (secondary N) is 1. The van der Waals surface area contributed by atoms with Gasteiger partial charge in [0.25, 0.3) is 0 Å². The van der Waals surface area contributed by atoms with Crippen molar-refractivity contribution in [1.82, 2.24) is 5.32 Å². The van der Waals surface area contributed by atoms with Gasteiger partial charge in [-0.15, -0.1) is 0 Å². The summed E-state index contributed by atoms with van der Waals surface area (Å²) in [5.74, 6) is -1.82. The van der Waals surface area contributed by atoms with Crippen LogP contribution in [0.2, 0.25) is 0 Å². The monoisotopic (exact) mass is 200 g/mol. The first-order chi connectivity index (χ1) is 6.49. The van der Waals surface area contributed by atoms with Crippen LogP contribution in [0.25, 0.3) is 0 Å². The molecular weight excluding hydrogens is 188 g/mol. The Bertz CT molecular complexity index is 299. The summed E-state index contributed by atoms with van der Waals surface area (Å²) in [7, 11) is 0. The lowest BCUT2D eigenvalue weighted by atomic mass is 10.2. The third-order valence-electron chi connectivity index (χ3n) is 1.66. The highest BCUT2D eigenvalue weighted by atomic mass is 16.4. The molecule has 0 aliphatic carbocycles. The second-order valence-electron chi connectivity index (χ2n) is 3.02. The molecule has 0 saturated carbocycles. The fourth-order valence-electron chi connectivity index (χ4n) is 1.05. The summed E-state index contributed by atoms with van der Waals surface area (Å²) < 4.78 is 0. The maximum Gasteiger partial charge on any atom is 0.371 e. The number of carboxylic acid groups (broad SMARTS) is 1. The number of rotatable bonds is 0. The van der Waals surface area contributed by atoms with Crippen molar-refractivity contribution in [2.45, 2.75) is 25.6 Å². The highest BCUT2D eigenvalue weighted by Gasteiger charge is 2.18. The predicted octanol–water partition coefficient (Wildman–Crippen LogP) is -1.52. The third kappa shape index (κ3) is 2.70. The number of aliphatic hydroxyl groups excluding tert-OH is 1. The van der Waals surface area contributed by atoms with Crippen LogP contribution in [0.4, 0.5) is 0 Å². The number of hydrogen-bond donors (Lipinski definition) is 4. The van der Waals surface area contributed by atoms with Gasteiger partial charge in [-0.1, -0.05) is 0 Å². The van der Waals surface area contributed by atoms with Crippen molar-refractivity contribution < 1.29 is 15.0 Å². The van der Waals surface area contributed by atoms with Gasteiger partial charge in [-0.2, -0.15) is 4.99 Å². The van der Waals surface area contributed by atoms with Crippen LogP contribution in [-0.4, -0.2) is 40.2 Å². The summed E-state index contributed by atoms with van der Waals surface area (Å²) in [5, 5.41) is 20.5. The topological polar surface area (TPSA) is 120 Å². The van der Waals surface area contributed by atoms with Crippen LogP contribution < -0.4 is 11.1 Å². The third-order valence-corrected chi connectivity index (χ3v) is 1.66. The number of nitrogens with zero attached hydrogens (tertiary/aromatic N) is 2. The zero-order valence-corrected chi connectivity index (χ0v) is 7.64. The largest absolute Gasteiger partial charge is 0.475 e. The van der Waals surface area contributed by atoms with Gasteiger partial charge in [0.15, 0.2) is 6.23 Å². The lowest BCUT2D eigenvalue weighted by Crippen LogP contribution is -2.41. The number of guanidine groups is 1. The fraction of sp³-hybridized carbons (Fsp3) is 0.571. The van der Waals surface area contributed by atoms with Gasteiger partial charge in [0.05, 0.1) is 0 Å². The average Bonchev–Trinajstić information content (AvgIpc) is 2.01. The number of nitrogens with two attached hydrogens (primary N) is 1. The molecular formula is C7H12N4O3. The van der Waals surface area contributed by atoms with E-state index in [1.54, 1.807) is 0 Å². The first-order valence-corrected chi connectivity index (χ1v) is 4.09. The van der Waals surface area contributed by atoms with E-state index in [0.717, 1.165) is 0 Å². The lowest BCUT2D eigenvalue weighted by molar-refractivity contribution is -0.129. The van der Waals surface area contributed by atoms with Gasteiger partial charge in [0.2, 0.25) is 11.8 Å². The number of carbonyl (C=O) groups is 1. The summed E-state index contributed by atoms with van der Waals surface area (Å²) in [5.41, 5.74) is 5.09. The van der Waals surface area contributed by atoms with Crippen LogP contribution in [0.5, 0.6) is 0 Å². The molecule has 5 N–H and O–H groups in total. The van der Waals surface area contributed by atoms with Crippen molar-refractivity contribution in [2.24, 2.45) is 15.7 Å². The van der Waals surface area contributed by atoms with Crippen molar-refractivity contribution in [3.8, 4) is 0 Å². The van der Waals surface area contributed by atoms with Crippen molar-refractivity contribution in [3.63, 3.8) is 0 Å². The summed E-state index contributed by atoms with van der Waals surface area (Å²) in [6.07, 6.45) is -0.391. The van der Waals surface area contributed by atoms with E-state index < -0.39 is 18.0 Å². The molecule has 7 heteroatoms. The molecule has 1 heterocycles. The molecule has 0 fully saturated rings. The zero-order valence-electron chi connectivity index (χ0n) is 7.64. The van der Waals surface area contributed by atoms with Crippen LogP contribution in [0.1, 0.15) is 13.3 Å². The maximum absolute atomic E-state index is 10.3. The summed E-state index contributed by atoms with van der Waals surface area (Å²) in [4.78, 5) is 17.5. The molecule has 14 heavy (non-hydrogen) atoms. The fourth-order valence-corrected chi connectivity index (χ4v) is 1.05. The number of carboxylic acids is 1. The smallest absolute Gasteiger partial charge is 0.371 e. The lowest BCUT2D eigenvalue weighted by Gasteiger charge is -2.21. The molecule has 0 aromatic carbocycles. The quantitative estimate of drug-likeness (QED) is 0.279. The predicted molar refractivity (Wildman–Crippen MR) is 49.9 cm³/mol. The van der Waals surface area contributed by atoms with E-state index in [0.29, 0.717) is 6.42 Å². The van der Waals surface area contributed by atoms with Gasteiger partial charge in [0.1, 0.15) is 0 Å². The number of aliphatic imine (C=N–C) groups is 2. The Kier molecular flexibility index (Phi) is 3.03. The van der Waals surface area contributed by atoms with Crippen molar-refractivity contribution in [1.29, 1.82) is 0 Å². The van der Waals surface area contributed by atoms with E-state index in [-0.39, 0.29) is 12.0 Å². The van der Waals surface area contributed by atoms with E-state index in [1.165, 1.54) is 0 Å². The molecule has 2 unspecified atom stereocenters. The molecule has 1 rings (SSSR count). The van der Waals surface area contributed by atoms with Crippen molar-refractivity contribution >= 4 is 17.8 Å². The second kappa shape index (κ2) is 4.05. The molecule has 1 aliphatic rings. The molecule has 0 radical (unpaired) electrons. The molecule has 0 saturated heterocycles. The Morgan fingerprint density at radius 1 is 1.79 bits per heavy atom. The highest BCUT2D eigenvalue weighted by Crippen LogP contribution is 2.05. The first kappa shape index (κ1) is 10.5. The second-order valence-corrected chi connectivity index (χ2v) is 3.02. The molecule has 0 aromatic rings. The summed E-state index contributed by atoms with van der Waals surface area (Å²) >= 11 is 0. The number of aliphatic carboxylic acids is 1. The first-order valence-electron chi connectivity index (χ1n) is 4.09. The summed E-state index contributed by atoms with van der Waals surface area (Å²) in [6.45, 7) is 1.82. The zero-order chi connectivity index (χ0) is 10.7. The minimum absolute atomic E-state index is 0.0113. The van der Waals surface area contributed by atoms with Gasteiger partial charge in [-0.25, -0.2) is 9.79 Å². The normalized spacial score (nSPS) is 27.9. The standard InChI is InChI=1S/C7H12N4O3/c1-3-2-4(12)10-7(9-3)11-5(8)6(13)14/h3-4,12H,2H2,1H3,(H,13,14)(H3,8,9,10,11). The SMILES string of the molecule is CC1CC(O)N=C(/N=C(\N)C(=O)O)N1. The van der Waals surface area contributed by atoms with Crippen LogP contribution >= 0.6 is 0 Å². The van der Waals surface area contributed by atoms with Gasteiger partial charge in [-0.05, 0) is 6.92 Å². The van der Waals surface area contributed by atoms with Gasteiger partial charge >= 0.3 is 5.97 Å². The van der Waals surface area contributed by atoms with E-state index in [9.17, 15) is 9.90 Å². The maximum atomic E-state index is 10.3. The van der Waals surface area contributed by atoms with Gasteiger partial charge < -0.3 is 21.3 Å². The molecule has 0 spiro atoms. The Balaban J connectivity index is 2.78. The van der Waals surface area contributed by atoms with Crippen LogP contribution in [0, 0.1) is 0 Å². The van der Waals surface area contributed by atoms with Gasteiger partial charge in [-0.3, -0.25) is 0 Å². The minimum atomic E-state index is -1.32. The molecule has 78 valence electrons. The Labute approximate surface area is 80.4 Å². The van der Waals surface area contributed by atoms with Crippen LogP contribution in [-0.2, 0) is 4.79 Å². The number of aliphatic hydroxyl groups is 1. The van der Waals surface area contributed by atoms with E-state index >= 15 is 0 Å². The van der Waals surface area contributed by atoms with E-state index in [1.807, 2.05) is 6.92 Å². The van der Waals surface area contributed by atoms with Crippen LogP contribution in [0.3, 0.4) is 0 Å². The highest BCUT2D eigenvalue weighted by molar-refractivity contribution is 6.35. The molecule has 0 amide bonds. The number of hydrogen-bond acceptors (Lipinski definition) is 5. The van der Waals surface area contributed by atoms with Crippen molar-refractivity contribution in [2.75, 3.05) is 0 Å². The van der Waals surface area contributed by atoms with Crippen molar-refractivity contribution in [3.05, 3.63) is 0 Å². The van der Waals surface area contributed by atoms with E-state index in [2.05, 4.69) is 15.3 Å². The average molecular weight is 200 g/mol. The molecule has 2 atom stereocenters.